The number of hydrogen-bond donors (Lipinski definition) is 3. The van der Waals surface area contributed by atoms with Gasteiger partial charge >= 0.3 is 0 Å². The van der Waals surface area contributed by atoms with E-state index in [4.69, 9.17) is 4.74 Å². The highest BCUT2D eigenvalue weighted by atomic mass is 16.5. The summed E-state index contributed by atoms with van der Waals surface area (Å²) in [4.78, 5) is 0. The maximum atomic E-state index is 10.0. The van der Waals surface area contributed by atoms with Crippen LogP contribution in [0.25, 0.3) is 0 Å². The summed E-state index contributed by atoms with van der Waals surface area (Å²) in [5.74, 6) is 0.751. The van der Waals surface area contributed by atoms with Gasteiger partial charge in [-0.05, 0) is 25.2 Å². The SMILES string of the molecule is CC1CCCC(OCC(O)CNC2CC(O)C2(C)C)C1. The zero-order valence-electron chi connectivity index (χ0n) is 13.1. The van der Waals surface area contributed by atoms with Crippen LogP contribution in [-0.2, 0) is 4.74 Å². The summed E-state index contributed by atoms with van der Waals surface area (Å²) in [5.41, 5.74) is -0.0839. The minimum absolute atomic E-state index is 0.0839. The molecule has 0 aromatic heterocycles. The second-order valence-corrected chi connectivity index (χ2v) is 7.41. The molecule has 0 bridgehead atoms. The molecule has 0 radical (unpaired) electrons. The van der Waals surface area contributed by atoms with Crippen LogP contribution in [-0.4, -0.2) is 47.7 Å². The van der Waals surface area contributed by atoms with Gasteiger partial charge in [-0.15, -0.1) is 0 Å². The highest BCUT2D eigenvalue weighted by Crippen LogP contribution is 2.40. The molecular formula is C16H31NO3. The Morgan fingerprint density at radius 2 is 2.05 bits per heavy atom. The van der Waals surface area contributed by atoms with Gasteiger partial charge in [0.15, 0.2) is 0 Å². The molecule has 5 unspecified atom stereocenters. The van der Waals surface area contributed by atoms with E-state index in [1.165, 1.54) is 12.8 Å². The van der Waals surface area contributed by atoms with E-state index in [1.807, 2.05) is 0 Å². The normalized spacial score (nSPS) is 38.2. The molecule has 2 rings (SSSR count). The standard InChI is InChI=1S/C16H31NO3/c1-11-5-4-6-13(7-11)20-10-12(18)9-17-14-8-15(19)16(14,2)3/h11-15,17-19H,4-10H2,1-3H3. The molecule has 2 aliphatic carbocycles. The topological polar surface area (TPSA) is 61.7 Å². The summed E-state index contributed by atoms with van der Waals surface area (Å²) in [6.45, 7) is 7.36. The maximum absolute atomic E-state index is 10.0. The van der Waals surface area contributed by atoms with Gasteiger partial charge in [0.2, 0.25) is 0 Å². The van der Waals surface area contributed by atoms with E-state index in [2.05, 4.69) is 26.1 Å². The van der Waals surface area contributed by atoms with Gasteiger partial charge in [0, 0.05) is 18.0 Å². The Kier molecular flexibility index (Phi) is 5.46. The van der Waals surface area contributed by atoms with Crippen LogP contribution in [0.1, 0.15) is 52.9 Å². The number of rotatable bonds is 6. The maximum Gasteiger partial charge on any atom is 0.0897 e. The molecule has 20 heavy (non-hydrogen) atoms. The Balaban J connectivity index is 1.60. The van der Waals surface area contributed by atoms with Gasteiger partial charge < -0.3 is 20.3 Å². The number of hydrogen-bond acceptors (Lipinski definition) is 4. The van der Waals surface area contributed by atoms with Crippen molar-refractivity contribution in [2.75, 3.05) is 13.2 Å². The second kappa shape index (κ2) is 6.73. The lowest BCUT2D eigenvalue weighted by atomic mass is 9.64. The molecule has 0 amide bonds. The lowest BCUT2D eigenvalue weighted by Gasteiger charge is -2.50. The van der Waals surface area contributed by atoms with Crippen LogP contribution in [0.5, 0.6) is 0 Å². The molecule has 0 aliphatic heterocycles. The molecule has 0 spiro atoms. The fourth-order valence-electron chi connectivity index (χ4n) is 3.36. The molecule has 5 atom stereocenters. The first-order valence-electron chi connectivity index (χ1n) is 8.10. The predicted octanol–water partition coefficient (Wildman–Crippen LogP) is 1.69. The van der Waals surface area contributed by atoms with Crippen LogP contribution in [0.2, 0.25) is 0 Å². The molecule has 2 saturated carbocycles. The smallest absolute Gasteiger partial charge is 0.0897 e. The summed E-state index contributed by atoms with van der Waals surface area (Å²) >= 11 is 0. The second-order valence-electron chi connectivity index (χ2n) is 7.41. The van der Waals surface area contributed by atoms with Crippen LogP contribution in [0.4, 0.5) is 0 Å². The fourth-order valence-corrected chi connectivity index (χ4v) is 3.36. The van der Waals surface area contributed by atoms with E-state index in [-0.39, 0.29) is 11.5 Å². The van der Waals surface area contributed by atoms with E-state index >= 15 is 0 Å². The van der Waals surface area contributed by atoms with E-state index in [0.717, 1.165) is 25.2 Å². The zero-order valence-corrected chi connectivity index (χ0v) is 13.1. The van der Waals surface area contributed by atoms with E-state index in [1.54, 1.807) is 0 Å². The first-order valence-corrected chi connectivity index (χ1v) is 8.10. The largest absolute Gasteiger partial charge is 0.392 e. The summed E-state index contributed by atoms with van der Waals surface area (Å²) in [6, 6.07) is 0.293. The summed E-state index contributed by atoms with van der Waals surface area (Å²) in [5, 5.41) is 23.0. The van der Waals surface area contributed by atoms with E-state index in [9.17, 15) is 10.2 Å². The van der Waals surface area contributed by atoms with Crippen molar-refractivity contribution in [2.24, 2.45) is 11.3 Å². The molecule has 0 saturated heterocycles. The molecule has 4 nitrogen and oxygen atoms in total. The molecule has 0 heterocycles. The molecule has 0 aromatic rings. The van der Waals surface area contributed by atoms with Gasteiger partial charge in [0.05, 0.1) is 24.9 Å². The van der Waals surface area contributed by atoms with Gasteiger partial charge in [-0.3, -0.25) is 0 Å². The lowest BCUT2D eigenvalue weighted by Crippen LogP contribution is -2.61. The van der Waals surface area contributed by atoms with Crippen LogP contribution >= 0.6 is 0 Å². The van der Waals surface area contributed by atoms with Gasteiger partial charge in [-0.2, -0.15) is 0 Å². The minimum Gasteiger partial charge on any atom is -0.392 e. The number of aliphatic hydroxyl groups is 2. The third-order valence-corrected chi connectivity index (χ3v) is 5.23. The summed E-state index contributed by atoms with van der Waals surface area (Å²) in [7, 11) is 0. The summed E-state index contributed by atoms with van der Waals surface area (Å²) in [6.07, 6.45) is 5.24. The molecule has 118 valence electrons. The Hall–Kier alpha value is -0.160. The minimum atomic E-state index is -0.458. The monoisotopic (exact) mass is 285 g/mol. The Labute approximate surface area is 122 Å². The van der Waals surface area contributed by atoms with Crippen LogP contribution in [0.3, 0.4) is 0 Å². The number of nitrogens with one attached hydrogen (secondary N) is 1. The van der Waals surface area contributed by atoms with Gasteiger partial charge in [0.25, 0.3) is 0 Å². The third kappa shape index (κ3) is 3.94. The molecular weight excluding hydrogens is 254 g/mol. The fraction of sp³-hybridized carbons (Fsp3) is 1.00. The lowest BCUT2D eigenvalue weighted by molar-refractivity contribution is -0.0793. The van der Waals surface area contributed by atoms with Crippen molar-refractivity contribution < 1.29 is 14.9 Å². The number of ether oxygens (including phenoxy) is 1. The molecule has 0 aromatic carbocycles. The van der Waals surface area contributed by atoms with Gasteiger partial charge in [0.1, 0.15) is 0 Å². The quantitative estimate of drug-likeness (QED) is 0.695. The van der Waals surface area contributed by atoms with Gasteiger partial charge in [-0.25, -0.2) is 0 Å². The van der Waals surface area contributed by atoms with Crippen molar-refractivity contribution in [3.05, 3.63) is 0 Å². The Morgan fingerprint density at radius 1 is 1.30 bits per heavy atom. The van der Waals surface area contributed by atoms with Crippen molar-refractivity contribution in [3.8, 4) is 0 Å². The average molecular weight is 285 g/mol. The number of aliphatic hydroxyl groups excluding tert-OH is 2. The molecule has 3 N–H and O–H groups in total. The first kappa shape index (κ1) is 16.2. The average Bonchev–Trinajstić information content (AvgIpc) is 2.41. The highest BCUT2D eigenvalue weighted by molar-refractivity contribution is 5.01. The highest BCUT2D eigenvalue weighted by Gasteiger charge is 2.46. The van der Waals surface area contributed by atoms with Crippen molar-refractivity contribution >= 4 is 0 Å². The van der Waals surface area contributed by atoms with Crippen LogP contribution in [0, 0.1) is 11.3 Å². The van der Waals surface area contributed by atoms with Crippen LogP contribution < -0.4 is 5.32 Å². The Bertz CT molecular complexity index is 308. The van der Waals surface area contributed by atoms with Crippen molar-refractivity contribution in [1.29, 1.82) is 0 Å². The van der Waals surface area contributed by atoms with Gasteiger partial charge in [-0.1, -0.05) is 33.6 Å². The van der Waals surface area contributed by atoms with E-state index < -0.39 is 6.10 Å². The van der Waals surface area contributed by atoms with Crippen molar-refractivity contribution in [2.45, 2.75) is 77.2 Å². The molecule has 4 heteroatoms. The third-order valence-electron chi connectivity index (χ3n) is 5.23. The molecule has 2 aliphatic rings. The van der Waals surface area contributed by atoms with Crippen LogP contribution in [0.15, 0.2) is 0 Å². The summed E-state index contributed by atoms with van der Waals surface area (Å²) < 4.78 is 5.83. The molecule has 2 fully saturated rings. The first-order chi connectivity index (χ1) is 9.39. The zero-order chi connectivity index (χ0) is 14.8. The van der Waals surface area contributed by atoms with E-state index in [0.29, 0.717) is 25.3 Å². The van der Waals surface area contributed by atoms with Crippen molar-refractivity contribution in [3.63, 3.8) is 0 Å². The Morgan fingerprint density at radius 3 is 2.65 bits per heavy atom. The van der Waals surface area contributed by atoms with Crippen molar-refractivity contribution in [1.82, 2.24) is 5.32 Å². The predicted molar refractivity (Wildman–Crippen MR) is 79.6 cm³/mol.